The average Bonchev–Trinajstić information content (AvgIpc) is 2.42. The van der Waals surface area contributed by atoms with E-state index in [0.717, 1.165) is 18.4 Å². The van der Waals surface area contributed by atoms with Gasteiger partial charge in [0.25, 0.3) is 5.69 Å². The molecule has 0 aliphatic carbocycles. The van der Waals surface area contributed by atoms with Gasteiger partial charge in [0, 0.05) is 18.4 Å². The Labute approximate surface area is 128 Å². The van der Waals surface area contributed by atoms with Crippen molar-refractivity contribution in [1.82, 2.24) is 0 Å². The predicted molar refractivity (Wildman–Crippen MR) is 80.7 cm³/mol. The van der Waals surface area contributed by atoms with Crippen molar-refractivity contribution in [1.29, 1.82) is 0 Å². The first kappa shape index (κ1) is 17.9. The zero-order chi connectivity index (χ0) is 17.1. The fourth-order valence-electron chi connectivity index (χ4n) is 1.90. The minimum atomic E-state index is -3.75. The Kier molecular flexibility index (Phi) is 5.48. The zero-order valence-corrected chi connectivity index (χ0v) is 13.3. The van der Waals surface area contributed by atoms with Crippen LogP contribution in [0.2, 0.25) is 0 Å². The molecule has 0 fully saturated rings. The molecule has 0 amide bonds. The third-order valence-electron chi connectivity index (χ3n) is 3.37. The molecule has 0 aromatic heterocycles. The van der Waals surface area contributed by atoms with E-state index < -0.39 is 26.8 Å². The molecule has 0 heterocycles. The van der Waals surface area contributed by atoms with Gasteiger partial charge in [-0.1, -0.05) is 20.3 Å². The second kappa shape index (κ2) is 6.73. The summed E-state index contributed by atoms with van der Waals surface area (Å²) in [6.45, 7) is 3.53. The summed E-state index contributed by atoms with van der Waals surface area (Å²) in [4.78, 5) is 21.1. The highest BCUT2D eigenvalue weighted by molar-refractivity contribution is 7.90. The molecule has 1 rings (SSSR count). The third kappa shape index (κ3) is 4.17. The summed E-state index contributed by atoms with van der Waals surface area (Å²) in [6, 6.07) is 2.28. The number of anilines is 1. The molecule has 2 N–H and O–H groups in total. The number of sulfone groups is 1. The first-order valence-corrected chi connectivity index (χ1v) is 8.45. The molecule has 9 heteroatoms. The number of rotatable bonds is 7. The molecule has 0 aliphatic heterocycles. The fraction of sp³-hybridized carbons (Fsp3) is 0.462. The number of carboxylic acid groups (broad SMARTS) is 1. The van der Waals surface area contributed by atoms with Gasteiger partial charge in [-0.25, -0.2) is 13.2 Å². The standard InChI is InChI=1S/C13H18N2O6S/c1-4-8(2)12(13(16)17)14-10-6-5-9(15(18)19)7-11(10)22(3,20)21/h5-8,12,14H,4H2,1-3H3,(H,16,17)/t8-,12-/m0/s1. The molecular formula is C13H18N2O6S. The van der Waals surface area contributed by atoms with Crippen LogP contribution < -0.4 is 5.32 Å². The van der Waals surface area contributed by atoms with E-state index in [1.807, 2.05) is 6.92 Å². The monoisotopic (exact) mass is 330 g/mol. The molecule has 0 bridgehead atoms. The highest BCUT2D eigenvalue weighted by atomic mass is 32.2. The molecular weight excluding hydrogens is 312 g/mol. The van der Waals surface area contributed by atoms with Crippen molar-refractivity contribution in [3.05, 3.63) is 28.3 Å². The van der Waals surface area contributed by atoms with Gasteiger partial charge in [-0.2, -0.15) is 0 Å². The number of carbonyl (C=O) groups is 1. The number of non-ortho nitro benzene ring substituents is 1. The lowest BCUT2D eigenvalue weighted by molar-refractivity contribution is -0.385. The first-order valence-electron chi connectivity index (χ1n) is 6.55. The Morgan fingerprint density at radius 3 is 2.45 bits per heavy atom. The molecule has 22 heavy (non-hydrogen) atoms. The second-order valence-electron chi connectivity index (χ2n) is 5.06. The number of nitro benzene ring substituents is 1. The van der Waals surface area contributed by atoms with Gasteiger partial charge in [0.2, 0.25) is 0 Å². The van der Waals surface area contributed by atoms with E-state index in [9.17, 15) is 28.4 Å². The Hall–Kier alpha value is -2.16. The Balaban J connectivity index is 3.35. The molecule has 8 nitrogen and oxygen atoms in total. The first-order chi connectivity index (χ1) is 10.1. The highest BCUT2D eigenvalue weighted by Gasteiger charge is 2.26. The topological polar surface area (TPSA) is 127 Å². The third-order valence-corrected chi connectivity index (χ3v) is 4.50. The quantitative estimate of drug-likeness (QED) is 0.577. The Morgan fingerprint density at radius 1 is 1.45 bits per heavy atom. The molecule has 1 aromatic rings. The van der Waals surface area contributed by atoms with Gasteiger partial charge in [-0.15, -0.1) is 0 Å². The van der Waals surface area contributed by atoms with Crippen molar-refractivity contribution >= 4 is 27.2 Å². The van der Waals surface area contributed by atoms with Crippen LogP contribution in [0.3, 0.4) is 0 Å². The van der Waals surface area contributed by atoms with Gasteiger partial charge in [0.15, 0.2) is 9.84 Å². The minimum Gasteiger partial charge on any atom is -0.480 e. The maximum absolute atomic E-state index is 11.8. The number of hydrogen-bond acceptors (Lipinski definition) is 6. The van der Waals surface area contributed by atoms with E-state index in [1.165, 1.54) is 6.07 Å². The summed E-state index contributed by atoms with van der Waals surface area (Å²) in [5.74, 6) is -1.37. The molecule has 122 valence electrons. The Morgan fingerprint density at radius 2 is 2.05 bits per heavy atom. The Bertz CT molecular complexity index is 686. The van der Waals surface area contributed by atoms with E-state index in [-0.39, 0.29) is 22.2 Å². The number of carboxylic acids is 1. The molecule has 0 aliphatic rings. The van der Waals surface area contributed by atoms with Gasteiger partial charge >= 0.3 is 5.97 Å². The smallest absolute Gasteiger partial charge is 0.326 e. The van der Waals surface area contributed by atoms with Crippen LogP contribution in [0, 0.1) is 16.0 Å². The second-order valence-corrected chi connectivity index (χ2v) is 7.04. The van der Waals surface area contributed by atoms with Crippen molar-refractivity contribution in [2.75, 3.05) is 11.6 Å². The van der Waals surface area contributed by atoms with Gasteiger partial charge in [-0.05, 0) is 12.0 Å². The normalized spacial score (nSPS) is 14.1. The van der Waals surface area contributed by atoms with Crippen molar-refractivity contribution in [3.63, 3.8) is 0 Å². The van der Waals surface area contributed by atoms with E-state index in [4.69, 9.17) is 0 Å². The minimum absolute atomic E-state index is 0.0424. The van der Waals surface area contributed by atoms with Gasteiger partial charge < -0.3 is 10.4 Å². The van der Waals surface area contributed by atoms with Crippen molar-refractivity contribution in [2.45, 2.75) is 31.2 Å². The number of nitrogens with zero attached hydrogens (tertiary/aromatic N) is 1. The molecule has 0 spiro atoms. The summed E-state index contributed by atoms with van der Waals surface area (Å²) in [6.07, 6.45) is 1.49. The molecule has 0 radical (unpaired) electrons. The summed E-state index contributed by atoms with van der Waals surface area (Å²) in [5.41, 5.74) is -0.331. The van der Waals surface area contributed by atoms with Crippen LogP contribution in [0.1, 0.15) is 20.3 Å². The summed E-state index contributed by atoms with van der Waals surface area (Å²) < 4.78 is 23.6. The van der Waals surface area contributed by atoms with Crippen molar-refractivity contribution in [2.24, 2.45) is 5.92 Å². The van der Waals surface area contributed by atoms with E-state index in [1.54, 1.807) is 6.92 Å². The predicted octanol–water partition coefficient (Wildman–Crippen LogP) is 1.91. The van der Waals surface area contributed by atoms with Crippen molar-refractivity contribution < 1.29 is 23.2 Å². The molecule has 0 saturated heterocycles. The lowest BCUT2D eigenvalue weighted by atomic mass is 9.99. The number of nitro groups is 1. The van der Waals surface area contributed by atoms with Crippen LogP contribution in [0.4, 0.5) is 11.4 Å². The molecule has 2 atom stereocenters. The largest absolute Gasteiger partial charge is 0.480 e. The number of hydrogen-bond donors (Lipinski definition) is 2. The van der Waals surface area contributed by atoms with Crippen molar-refractivity contribution in [3.8, 4) is 0 Å². The van der Waals surface area contributed by atoms with Gasteiger partial charge in [-0.3, -0.25) is 10.1 Å². The summed E-state index contributed by atoms with van der Waals surface area (Å²) in [5, 5.41) is 22.7. The van der Waals surface area contributed by atoms with Crippen LogP contribution >= 0.6 is 0 Å². The van der Waals surface area contributed by atoms with E-state index >= 15 is 0 Å². The maximum Gasteiger partial charge on any atom is 0.326 e. The van der Waals surface area contributed by atoms with Gasteiger partial charge in [0.1, 0.15) is 6.04 Å². The lowest BCUT2D eigenvalue weighted by Gasteiger charge is -2.22. The number of nitrogens with one attached hydrogen (secondary N) is 1. The zero-order valence-electron chi connectivity index (χ0n) is 12.4. The SMILES string of the molecule is CC[C@H](C)[C@H](Nc1ccc([N+](=O)[O-])cc1S(C)(=O)=O)C(=O)O. The lowest BCUT2D eigenvalue weighted by Crippen LogP contribution is -2.35. The van der Waals surface area contributed by atoms with Crippen LogP contribution in [0.5, 0.6) is 0 Å². The number of benzene rings is 1. The van der Waals surface area contributed by atoms with Gasteiger partial charge in [0.05, 0.1) is 15.5 Å². The summed E-state index contributed by atoms with van der Waals surface area (Å²) >= 11 is 0. The van der Waals surface area contributed by atoms with E-state index in [2.05, 4.69) is 5.32 Å². The maximum atomic E-state index is 11.8. The van der Waals surface area contributed by atoms with E-state index in [0.29, 0.717) is 6.42 Å². The number of aliphatic carboxylic acids is 1. The highest BCUT2D eigenvalue weighted by Crippen LogP contribution is 2.28. The molecule has 0 unspecified atom stereocenters. The van der Waals surface area contributed by atoms with Crippen LogP contribution in [-0.4, -0.2) is 36.7 Å². The molecule has 0 saturated carbocycles. The fourth-order valence-corrected chi connectivity index (χ4v) is 2.76. The van der Waals surface area contributed by atoms with Crippen LogP contribution in [0.15, 0.2) is 23.1 Å². The molecule has 1 aromatic carbocycles. The summed E-state index contributed by atoms with van der Waals surface area (Å²) in [7, 11) is -3.75. The van der Waals surface area contributed by atoms with Crippen LogP contribution in [-0.2, 0) is 14.6 Å². The van der Waals surface area contributed by atoms with Crippen LogP contribution in [0.25, 0.3) is 0 Å². The average molecular weight is 330 g/mol.